The van der Waals surface area contributed by atoms with Crippen LogP contribution < -0.4 is 9.47 Å². The van der Waals surface area contributed by atoms with E-state index in [9.17, 15) is 14.4 Å². The number of rotatable bonds is 4. The zero-order valence-electron chi connectivity index (χ0n) is 13.4. The summed E-state index contributed by atoms with van der Waals surface area (Å²) in [5, 5.41) is -0.506. The van der Waals surface area contributed by atoms with E-state index in [-0.39, 0.29) is 18.3 Å². The fraction of sp³-hybridized carbons (Fsp3) is 0.312. The molecule has 132 valence electrons. The Balaban J connectivity index is 1.87. The van der Waals surface area contributed by atoms with Gasteiger partial charge in [0.1, 0.15) is 6.04 Å². The van der Waals surface area contributed by atoms with Crippen molar-refractivity contribution in [2.45, 2.75) is 19.9 Å². The summed E-state index contributed by atoms with van der Waals surface area (Å²) in [4.78, 5) is 37.7. The fourth-order valence-electron chi connectivity index (χ4n) is 2.37. The normalized spacial score (nSPS) is 18.8. The van der Waals surface area contributed by atoms with Gasteiger partial charge in [-0.3, -0.25) is 14.5 Å². The predicted octanol–water partition coefficient (Wildman–Crippen LogP) is 3.17. The van der Waals surface area contributed by atoms with Gasteiger partial charge in [-0.2, -0.15) is 0 Å². The summed E-state index contributed by atoms with van der Waals surface area (Å²) in [6, 6.07) is 2.48. The van der Waals surface area contributed by atoms with Crippen molar-refractivity contribution in [3.63, 3.8) is 0 Å². The Labute approximate surface area is 156 Å². The summed E-state index contributed by atoms with van der Waals surface area (Å²) in [7, 11) is 0. The molecule has 0 saturated carbocycles. The third-order valence-corrected chi connectivity index (χ3v) is 5.19. The maximum atomic E-state index is 12.6. The number of carbonyl (C=O) groups excluding carboxylic acids is 3. The highest BCUT2D eigenvalue weighted by molar-refractivity contribution is 9.10. The first-order valence-corrected chi connectivity index (χ1v) is 9.06. The molecule has 1 atom stereocenters. The van der Waals surface area contributed by atoms with Gasteiger partial charge in [0.25, 0.3) is 11.1 Å². The Hall–Kier alpha value is -2.00. The quantitative estimate of drug-likeness (QED) is 0.538. The van der Waals surface area contributed by atoms with Crippen molar-refractivity contribution < 1.29 is 28.6 Å². The molecule has 9 heteroatoms. The molecule has 2 aliphatic heterocycles. The van der Waals surface area contributed by atoms with Crippen LogP contribution in [0.1, 0.15) is 19.4 Å². The number of hydrogen-bond donors (Lipinski definition) is 0. The van der Waals surface area contributed by atoms with Gasteiger partial charge in [-0.1, -0.05) is 15.9 Å². The maximum Gasteiger partial charge on any atom is 0.329 e. The lowest BCUT2D eigenvalue weighted by molar-refractivity contribution is -0.150. The van der Waals surface area contributed by atoms with E-state index in [0.29, 0.717) is 21.5 Å². The first-order valence-electron chi connectivity index (χ1n) is 7.45. The zero-order chi connectivity index (χ0) is 18.1. The Morgan fingerprint density at radius 3 is 2.76 bits per heavy atom. The average molecular weight is 428 g/mol. The molecule has 0 N–H and O–H groups in total. The van der Waals surface area contributed by atoms with Crippen LogP contribution >= 0.6 is 27.7 Å². The van der Waals surface area contributed by atoms with Crippen LogP contribution in [0.3, 0.4) is 0 Å². The van der Waals surface area contributed by atoms with Gasteiger partial charge >= 0.3 is 5.97 Å². The SMILES string of the molecule is CCOC(=O)C(C)N1C(=O)SC(=Cc2cc3c(cc2Br)OCO3)C1=O. The van der Waals surface area contributed by atoms with E-state index >= 15 is 0 Å². The summed E-state index contributed by atoms with van der Waals surface area (Å²) in [5.41, 5.74) is 0.665. The Kier molecular flexibility index (Phi) is 5.05. The van der Waals surface area contributed by atoms with Crippen molar-refractivity contribution in [1.29, 1.82) is 0 Å². The minimum atomic E-state index is -0.974. The molecule has 0 bridgehead atoms. The molecular weight excluding hydrogens is 414 g/mol. The number of benzene rings is 1. The molecule has 2 amide bonds. The van der Waals surface area contributed by atoms with Gasteiger partial charge in [0.2, 0.25) is 6.79 Å². The molecule has 2 aliphatic rings. The van der Waals surface area contributed by atoms with Crippen LogP contribution in [0.2, 0.25) is 0 Å². The van der Waals surface area contributed by atoms with Gasteiger partial charge in [0.05, 0.1) is 11.5 Å². The van der Waals surface area contributed by atoms with E-state index in [2.05, 4.69) is 15.9 Å². The van der Waals surface area contributed by atoms with E-state index in [1.165, 1.54) is 6.92 Å². The second-order valence-electron chi connectivity index (χ2n) is 5.21. The van der Waals surface area contributed by atoms with Gasteiger partial charge in [-0.25, -0.2) is 4.79 Å². The topological polar surface area (TPSA) is 82.1 Å². The minimum Gasteiger partial charge on any atom is -0.464 e. The van der Waals surface area contributed by atoms with E-state index < -0.39 is 23.2 Å². The van der Waals surface area contributed by atoms with Crippen molar-refractivity contribution >= 4 is 50.9 Å². The molecule has 0 aliphatic carbocycles. The van der Waals surface area contributed by atoms with Crippen LogP contribution in [0.25, 0.3) is 6.08 Å². The first kappa shape index (κ1) is 17.8. The van der Waals surface area contributed by atoms with Crippen LogP contribution in [-0.4, -0.2) is 41.5 Å². The second kappa shape index (κ2) is 7.09. The van der Waals surface area contributed by atoms with Crippen LogP contribution in [0.5, 0.6) is 11.5 Å². The number of carbonyl (C=O) groups is 3. The molecule has 0 spiro atoms. The number of nitrogens with zero attached hydrogens (tertiary/aromatic N) is 1. The van der Waals surface area contributed by atoms with E-state index in [1.54, 1.807) is 25.1 Å². The summed E-state index contributed by atoms with van der Waals surface area (Å²) in [6.45, 7) is 3.45. The van der Waals surface area contributed by atoms with Crippen molar-refractivity contribution in [1.82, 2.24) is 4.90 Å². The van der Waals surface area contributed by atoms with Crippen LogP contribution in [0.15, 0.2) is 21.5 Å². The predicted molar refractivity (Wildman–Crippen MR) is 94.2 cm³/mol. The molecule has 25 heavy (non-hydrogen) atoms. The average Bonchev–Trinajstić information content (AvgIpc) is 3.11. The van der Waals surface area contributed by atoms with E-state index in [1.807, 2.05) is 0 Å². The molecular formula is C16H14BrNO6S. The van der Waals surface area contributed by atoms with Crippen LogP contribution in [0.4, 0.5) is 4.79 Å². The molecule has 0 radical (unpaired) electrons. The van der Waals surface area contributed by atoms with Gasteiger partial charge in [-0.05, 0) is 49.4 Å². The fourth-order valence-corrected chi connectivity index (χ4v) is 3.70. The molecule has 7 nitrogen and oxygen atoms in total. The smallest absolute Gasteiger partial charge is 0.329 e. The van der Waals surface area contributed by atoms with Crippen molar-refractivity contribution in [3.05, 3.63) is 27.1 Å². The minimum absolute atomic E-state index is 0.138. The lowest BCUT2D eigenvalue weighted by Crippen LogP contribution is -2.42. The second-order valence-corrected chi connectivity index (χ2v) is 7.05. The number of halogens is 1. The highest BCUT2D eigenvalue weighted by Gasteiger charge is 2.41. The monoisotopic (exact) mass is 427 g/mol. The van der Waals surface area contributed by atoms with Gasteiger partial charge in [0, 0.05) is 4.47 Å². The summed E-state index contributed by atoms with van der Waals surface area (Å²) in [5.74, 6) is 0.0251. The highest BCUT2D eigenvalue weighted by atomic mass is 79.9. The third kappa shape index (κ3) is 3.38. The number of fused-ring (bicyclic) bond motifs is 1. The standard InChI is InChI=1S/C16H14BrNO6S/c1-3-22-15(20)8(2)18-14(19)13(25-16(18)21)5-9-4-11-12(6-10(9)17)24-7-23-11/h4-6,8H,3,7H2,1-2H3. The number of amides is 2. The van der Waals surface area contributed by atoms with Crippen molar-refractivity contribution in [2.75, 3.05) is 13.4 Å². The highest BCUT2D eigenvalue weighted by Crippen LogP contribution is 2.40. The van der Waals surface area contributed by atoms with Gasteiger partial charge in [-0.15, -0.1) is 0 Å². The lowest BCUT2D eigenvalue weighted by atomic mass is 10.2. The molecule has 0 aromatic heterocycles. The molecule has 1 saturated heterocycles. The molecule has 1 fully saturated rings. The van der Waals surface area contributed by atoms with E-state index in [0.717, 1.165) is 16.7 Å². The summed E-state index contributed by atoms with van der Waals surface area (Å²) >= 11 is 4.19. The number of thioether (sulfide) groups is 1. The lowest BCUT2D eigenvalue weighted by Gasteiger charge is -2.19. The largest absolute Gasteiger partial charge is 0.464 e. The number of esters is 1. The van der Waals surface area contributed by atoms with Crippen LogP contribution in [0, 0.1) is 0 Å². The van der Waals surface area contributed by atoms with Gasteiger partial charge < -0.3 is 14.2 Å². The first-order chi connectivity index (χ1) is 11.9. The molecule has 1 unspecified atom stereocenters. The number of hydrogen-bond acceptors (Lipinski definition) is 7. The Bertz CT molecular complexity index is 793. The van der Waals surface area contributed by atoms with Gasteiger partial charge in [0.15, 0.2) is 11.5 Å². The summed E-state index contributed by atoms with van der Waals surface area (Å²) < 4.78 is 16.2. The van der Waals surface area contributed by atoms with Crippen LogP contribution in [-0.2, 0) is 14.3 Å². The summed E-state index contributed by atoms with van der Waals surface area (Å²) in [6.07, 6.45) is 1.58. The molecule has 3 rings (SSSR count). The Morgan fingerprint density at radius 2 is 2.08 bits per heavy atom. The molecule has 2 heterocycles. The van der Waals surface area contributed by atoms with E-state index in [4.69, 9.17) is 14.2 Å². The third-order valence-electron chi connectivity index (χ3n) is 3.62. The zero-order valence-corrected chi connectivity index (χ0v) is 15.8. The number of imide groups is 1. The van der Waals surface area contributed by atoms with Crippen molar-refractivity contribution in [2.24, 2.45) is 0 Å². The van der Waals surface area contributed by atoms with Crippen molar-refractivity contribution in [3.8, 4) is 11.5 Å². The maximum absolute atomic E-state index is 12.6. The molecule has 1 aromatic rings. The number of ether oxygens (including phenoxy) is 3. The molecule has 1 aromatic carbocycles. The Morgan fingerprint density at radius 1 is 1.40 bits per heavy atom.